The Morgan fingerprint density at radius 2 is 1.76 bits per heavy atom. The van der Waals surface area contributed by atoms with Crippen LogP contribution in [0.15, 0.2) is 54.6 Å². The highest BCUT2D eigenvalue weighted by Crippen LogP contribution is 2.15. The van der Waals surface area contributed by atoms with Gasteiger partial charge in [-0.05, 0) is 17.2 Å². The van der Waals surface area contributed by atoms with Crippen LogP contribution in [-0.4, -0.2) is 41.2 Å². The minimum absolute atomic E-state index is 0.0391. The predicted octanol–water partition coefficient (Wildman–Crippen LogP) is 2.50. The Morgan fingerprint density at radius 3 is 2.48 bits per heavy atom. The van der Waals surface area contributed by atoms with E-state index in [2.05, 4.69) is 5.32 Å². The molecule has 1 heterocycles. The van der Waals surface area contributed by atoms with Crippen LogP contribution in [0.25, 0.3) is 0 Å². The molecule has 0 saturated carbocycles. The van der Waals surface area contributed by atoms with Crippen LogP contribution in [0.1, 0.15) is 21.5 Å². The molecule has 2 amide bonds. The molecule has 0 unspecified atom stereocenters. The standard InChI is InChI=1S/C19H20N2O4/c22-18(23)17-9-5-4-8-15(17)10-20-19(24)21-11-16(12-21)25-13-14-6-2-1-3-7-14/h1-9,16H,10-13H2,(H,20,24)(H,22,23). The van der Waals surface area contributed by atoms with Gasteiger partial charge in [-0.3, -0.25) is 0 Å². The lowest BCUT2D eigenvalue weighted by Crippen LogP contribution is -2.57. The van der Waals surface area contributed by atoms with E-state index < -0.39 is 5.97 Å². The van der Waals surface area contributed by atoms with Gasteiger partial charge in [-0.1, -0.05) is 48.5 Å². The summed E-state index contributed by atoms with van der Waals surface area (Å²) in [5.41, 5.74) is 1.90. The quantitative estimate of drug-likeness (QED) is 0.847. The molecule has 6 heteroatoms. The SMILES string of the molecule is O=C(O)c1ccccc1CNC(=O)N1CC(OCc2ccccc2)C1. The number of ether oxygens (including phenoxy) is 1. The Balaban J connectivity index is 1.41. The molecule has 3 rings (SSSR count). The molecule has 1 fully saturated rings. The summed E-state index contributed by atoms with van der Waals surface area (Å²) in [6.45, 7) is 1.80. The van der Waals surface area contributed by atoms with E-state index in [0.717, 1.165) is 5.56 Å². The summed E-state index contributed by atoms with van der Waals surface area (Å²) in [7, 11) is 0. The summed E-state index contributed by atoms with van der Waals surface area (Å²) in [6, 6.07) is 16.3. The van der Waals surface area contributed by atoms with Crippen molar-refractivity contribution in [3.8, 4) is 0 Å². The summed E-state index contributed by atoms with van der Waals surface area (Å²) in [4.78, 5) is 24.9. The molecule has 2 aromatic rings. The monoisotopic (exact) mass is 340 g/mol. The van der Waals surface area contributed by atoms with Gasteiger partial charge in [0.15, 0.2) is 0 Å². The number of carbonyl (C=O) groups is 2. The van der Waals surface area contributed by atoms with Crippen molar-refractivity contribution >= 4 is 12.0 Å². The zero-order valence-corrected chi connectivity index (χ0v) is 13.7. The van der Waals surface area contributed by atoms with Crippen molar-refractivity contribution in [2.45, 2.75) is 19.3 Å². The number of nitrogens with one attached hydrogen (secondary N) is 1. The molecule has 6 nitrogen and oxygen atoms in total. The van der Waals surface area contributed by atoms with Crippen molar-refractivity contribution in [1.29, 1.82) is 0 Å². The zero-order valence-electron chi connectivity index (χ0n) is 13.7. The van der Waals surface area contributed by atoms with Crippen molar-refractivity contribution in [2.75, 3.05) is 13.1 Å². The van der Waals surface area contributed by atoms with E-state index in [1.807, 2.05) is 30.3 Å². The van der Waals surface area contributed by atoms with Gasteiger partial charge >= 0.3 is 12.0 Å². The van der Waals surface area contributed by atoms with Crippen molar-refractivity contribution in [3.63, 3.8) is 0 Å². The third kappa shape index (κ3) is 4.36. The smallest absolute Gasteiger partial charge is 0.336 e. The Kier molecular flexibility index (Phi) is 5.30. The van der Waals surface area contributed by atoms with E-state index >= 15 is 0 Å². The molecule has 0 aromatic heterocycles. The maximum atomic E-state index is 12.1. The van der Waals surface area contributed by atoms with E-state index in [1.165, 1.54) is 6.07 Å². The number of carbonyl (C=O) groups excluding carboxylic acids is 1. The number of likely N-dealkylation sites (tertiary alicyclic amines) is 1. The van der Waals surface area contributed by atoms with Gasteiger partial charge in [-0.25, -0.2) is 9.59 Å². The molecule has 0 radical (unpaired) electrons. The maximum Gasteiger partial charge on any atom is 0.336 e. The highest BCUT2D eigenvalue weighted by Gasteiger charge is 2.31. The Hall–Kier alpha value is -2.86. The van der Waals surface area contributed by atoms with Crippen LogP contribution in [0.4, 0.5) is 4.79 Å². The highest BCUT2D eigenvalue weighted by molar-refractivity contribution is 5.89. The summed E-state index contributed by atoms with van der Waals surface area (Å²) >= 11 is 0. The summed E-state index contributed by atoms with van der Waals surface area (Å²) < 4.78 is 5.76. The molecule has 25 heavy (non-hydrogen) atoms. The number of aromatic carboxylic acids is 1. The average Bonchev–Trinajstić information content (AvgIpc) is 2.59. The fourth-order valence-electron chi connectivity index (χ4n) is 2.66. The first-order valence-electron chi connectivity index (χ1n) is 8.13. The van der Waals surface area contributed by atoms with Crippen molar-refractivity contribution in [1.82, 2.24) is 10.2 Å². The lowest BCUT2D eigenvalue weighted by atomic mass is 10.1. The highest BCUT2D eigenvalue weighted by atomic mass is 16.5. The van der Waals surface area contributed by atoms with Crippen LogP contribution in [0.5, 0.6) is 0 Å². The number of urea groups is 1. The zero-order chi connectivity index (χ0) is 17.6. The van der Waals surface area contributed by atoms with Gasteiger partial charge in [0.25, 0.3) is 0 Å². The van der Waals surface area contributed by atoms with E-state index in [0.29, 0.717) is 25.3 Å². The van der Waals surface area contributed by atoms with Gasteiger partial charge in [-0.15, -0.1) is 0 Å². The van der Waals surface area contributed by atoms with Crippen molar-refractivity contribution in [3.05, 3.63) is 71.3 Å². The molecule has 0 bridgehead atoms. The fraction of sp³-hybridized carbons (Fsp3) is 0.263. The van der Waals surface area contributed by atoms with Crippen LogP contribution >= 0.6 is 0 Å². The number of hydrogen-bond donors (Lipinski definition) is 2. The van der Waals surface area contributed by atoms with Crippen molar-refractivity contribution in [2.24, 2.45) is 0 Å². The fourth-order valence-corrected chi connectivity index (χ4v) is 2.66. The number of rotatable bonds is 6. The predicted molar refractivity (Wildman–Crippen MR) is 92.2 cm³/mol. The number of nitrogens with zero attached hydrogens (tertiary/aromatic N) is 1. The molecule has 0 atom stereocenters. The van der Waals surface area contributed by atoms with Crippen LogP contribution in [-0.2, 0) is 17.9 Å². The molecule has 1 saturated heterocycles. The molecule has 1 aliphatic heterocycles. The number of hydrogen-bond acceptors (Lipinski definition) is 3. The second-order valence-electron chi connectivity index (χ2n) is 5.94. The molecule has 1 aliphatic rings. The minimum Gasteiger partial charge on any atom is -0.478 e. The second-order valence-corrected chi connectivity index (χ2v) is 5.94. The molecule has 2 N–H and O–H groups in total. The molecule has 130 valence electrons. The first-order chi connectivity index (χ1) is 12.1. The van der Waals surface area contributed by atoms with Crippen LogP contribution in [0, 0.1) is 0 Å². The van der Waals surface area contributed by atoms with E-state index in [-0.39, 0.29) is 24.2 Å². The van der Waals surface area contributed by atoms with Crippen LogP contribution in [0.3, 0.4) is 0 Å². The van der Waals surface area contributed by atoms with E-state index in [4.69, 9.17) is 9.84 Å². The molecule has 0 aliphatic carbocycles. The average molecular weight is 340 g/mol. The maximum absolute atomic E-state index is 12.1. The molecular weight excluding hydrogens is 320 g/mol. The second kappa shape index (κ2) is 7.81. The molecule has 2 aromatic carbocycles. The normalized spacial score (nSPS) is 14.0. The molecular formula is C19H20N2O4. The van der Waals surface area contributed by atoms with E-state index in [9.17, 15) is 9.59 Å². The van der Waals surface area contributed by atoms with Gasteiger partial charge in [-0.2, -0.15) is 0 Å². The lowest BCUT2D eigenvalue weighted by molar-refractivity contribution is -0.0442. The Bertz CT molecular complexity index is 742. The lowest BCUT2D eigenvalue weighted by Gasteiger charge is -2.38. The van der Waals surface area contributed by atoms with Crippen molar-refractivity contribution < 1.29 is 19.4 Å². The summed E-state index contributed by atoms with van der Waals surface area (Å²) in [5.74, 6) is -0.997. The molecule has 0 spiro atoms. The minimum atomic E-state index is -0.997. The van der Waals surface area contributed by atoms with Gasteiger partial charge in [0, 0.05) is 6.54 Å². The Labute approximate surface area is 146 Å². The van der Waals surface area contributed by atoms with Gasteiger partial charge < -0.3 is 20.1 Å². The third-order valence-corrected chi connectivity index (χ3v) is 4.14. The van der Waals surface area contributed by atoms with Gasteiger partial charge in [0.05, 0.1) is 31.4 Å². The van der Waals surface area contributed by atoms with Crippen LogP contribution < -0.4 is 5.32 Å². The number of carboxylic acid groups (broad SMARTS) is 1. The van der Waals surface area contributed by atoms with Crippen LogP contribution in [0.2, 0.25) is 0 Å². The largest absolute Gasteiger partial charge is 0.478 e. The third-order valence-electron chi connectivity index (χ3n) is 4.14. The van der Waals surface area contributed by atoms with Gasteiger partial charge in [0.2, 0.25) is 0 Å². The number of carboxylic acids is 1. The number of amides is 2. The first-order valence-corrected chi connectivity index (χ1v) is 8.13. The van der Waals surface area contributed by atoms with E-state index in [1.54, 1.807) is 23.1 Å². The topological polar surface area (TPSA) is 78.9 Å². The summed E-state index contributed by atoms with van der Waals surface area (Å²) in [5, 5.41) is 11.9. The number of benzene rings is 2. The van der Waals surface area contributed by atoms with Gasteiger partial charge in [0.1, 0.15) is 0 Å². The summed E-state index contributed by atoms with van der Waals surface area (Å²) in [6.07, 6.45) is 0.0391. The first kappa shape index (κ1) is 17.0. The Morgan fingerprint density at radius 1 is 1.08 bits per heavy atom.